The van der Waals surface area contributed by atoms with E-state index in [1.54, 1.807) is 10.4 Å². The fourth-order valence-corrected chi connectivity index (χ4v) is 6.68. The third-order valence-electron chi connectivity index (χ3n) is 5.36. The van der Waals surface area contributed by atoms with Gasteiger partial charge in [-0.2, -0.15) is 4.31 Å². The second-order valence-electron chi connectivity index (χ2n) is 7.39. The standard InChI is InChI=1S/C23H25NO2S2/c1-18-8-3-4-10-20(18)16-19-9-7-11-21(17-19)22-12-13-23(27-22)28(25,26)24-14-5-2-6-15-24/h3-4,7-13,17H,2,5-6,14-16H2,1H3. The minimum Gasteiger partial charge on any atom is -0.206 e. The summed E-state index contributed by atoms with van der Waals surface area (Å²) in [4.78, 5) is 1.00. The van der Waals surface area contributed by atoms with Crippen LogP contribution in [-0.2, 0) is 16.4 Å². The molecule has 0 spiro atoms. The van der Waals surface area contributed by atoms with Crippen LogP contribution in [0.25, 0.3) is 10.4 Å². The highest BCUT2D eigenvalue weighted by Gasteiger charge is 2.27. The average molecular weight is 412 g/mol. The lowest BCUT2D eigenvalue weighted by atomic mass is 9.99. The molecule has 0 N–H and O–H groups in total. The van der Waals surface area contributed by atoms with Crippen LogP contribution in [0, 0.1) is 6.92 Å². The van der Waals surface area contributed by atoms with Crippen LogP contribution in [-0.4, -0.2) is 25.8 Å². The van der Waals surface area contributed by atoms with Gasteiger partial charge in [-0.15, -0.1) is 11.3 Å². The van der Waals surface area contributed by atoms with Crippen molar-refractivity contribution in [2.45, 2.75) is 36.8 Å². The monoisotopic (exact) mass is 411 g/mol. The lowest BCUT2D eigenvalue weighted by molar-refractivity contribution is 0.347. The Morgan fingerprint density at radius 1 is 0.929 bits per heavy atom. The number of hydrogen-bond acceptors (Lipinski definition) is 3. The van der Waals surface area contributed by atoms with Crippen molar-refractivity contribution in [2.75, 3.05) is 13.1 Å². The zero-order valence-corrected chi connectivity index (χ0v) is 17.7. The molecule has 2 heterocycles. The molecular weight excluding hydrogens is 386 g/mol. The van der Waals surface area contributed by atoms with E-state index in [1.807, 2.05) is 6.07 Å². The van der Waals surface area contributed by atoms with Gasteiger partial charge in [0.2, 0.25) is 0 Å². The molecule has 4 rings (SSSR count). The van der Waals surface area contributed by atoms with Crippen LogP contribution < -0.4 is 0 Å². The largest absolute Gasteiger partial charge is 0.252 e. The molecule has 3 aromatic rings. The Balaban J connectivity index is 1.58. The van der Waals surface area contributed by atoms with E-state index in [9.17, 15) is 8.42 Å². The average Bonchev–Trinajstić information content (AvgIpc) is 3.22. The first-order valence-electron chi connectivity index (χ1n) is 9.78. The molecule has 146 valence electrons. The molecule has 1 aromatic heterocycles. The summed E-state index contributed by atoms with van der Waals surface area (Å²) in [5, 5.41) is 0. The molecule has 1 saturated heterocycles. The second-order valence-corrected chi connectivity index (χ2v) is 10.6. The van der Waals surface area contributed by atoms with Gasteiger partial charge in [0.15, 0.2) is 0 Å². The van der Waals surface area contributed by atoms with Crippen molar-refractivity contribution in [3.63, 3.8) is 0 Å². The van der Waals surface area contributed by atoms with E-state index in [0.29, 0.717) is 17.3 Å². The maximum absolute atomic E-state index is 12.9. The Bertz CT molecular complexity index is 1060. The summed E-state index contributed by atoms with van der Waals surface area (Å²) in [6.07, 6.45) is 3.91. The Hall–Kier alpha value is -1.95. The maximum atomic E-state index is 12.9. The summed E-state index contributed by atoms with van der Waals surface area (Å²) in [7, 11) is -3.36. The van der Waals surface area contributed by atoms with E-state index in [-0.39, 0.29) is 0 Å². The van der Waals surface area contributed by atoms with Crippen LogP contribution in [0.3, 0.4) is 0 Å². The summed E-state index contributed by atoms with van der Waals surface area (Å²) >= 11 is 1.38. The maximum Gasteiger partial charge on any atom is 0.252 e. The lowest BCUT2D eigenvalue weighted by Gasteiger charge is -2.25. The van der Waals surface area contributed by atoms with Gasteiger partial charge in [-0.1, -0.05) is 55.0 Å². The molecule has 0 bridgehead atoms. The van der Waals surface area contributed by atoms with Crippen molar-refractivity contribution in [3.05, 3.63) is 77.4 Å². The van der Waals surface area contributed by atoms with Crippen LogP contribution in [0.1, 0.15) is 36.0 Å². The highest BCUT2D eigenvalue weighted by atomic mass is 32.2. The van der Waals surface area contributed by atoms with Crippen molar-refractivity contribution in [3.8, 4) is 10.4 Å². The zero-order valence-electron chi connectivity index (χ0n) is 16.1. The predicted molar refractivity (Wildman–Crippen MR) is 116 cm³/mol. The topological polar surface area (TPSA) is 37.4 Å². The van der Waals surface area contributed by atoms with Gasteiger partial charge in [-0.3, -0.25) is 0 Å². The minimum absolute atomic E-state index is 0.453. The van der Waals surface area contributed by atoms with E-state index in [2.05, 4.69) is 55.5 Å². The Labute approximate surface area is 171 Å². The molecule has 1 fully saturated rings. The number of aryl methyl sites for hydroxylation is 1. The normalized spacial score (nSPS) is 15.6. The van der Waals surface area contributed by atoms with E-state index < -0.39 is 10.0 Å². The van der Waals surface area contributed by atoms with E-state index >= 15 is 0 Å². The summed E-state index contributed by atoms with van der Waals surface area (Å²) in [5.74, 6) is 0. The molecule has 28 heavy (non-hydrogen) atoms. The van der Waals surface area contributed by atoms with Gasteiger partial charge in [0.25, 0.3) is 10.0 Å². The van der Waals surface area contributed by atoms with Crippen molar-refractivity contribution in [2.24, 2.45) is 0 Å². The highest BCUT2D eigenvalue weighted by molar-refractivity contribution is 7.91. The fourth-order valence-electron chi connectivity index (χ4n) is 3.71. The van der Waals surface area contributed by atoms with Crippen molar-refractivity contribution >= 4 is 21.4 Å². The summed E-state index contributed by atoms with van der Waals surface area (Å²) in [6.45, 7) is 3.42. The van der Waals surface area contributed by atoms with Crippen LogP contribution in [0.2, 0.25) is 0 Å². The molecule has 0 radical (unpaired) electrons. The second kappa shape index (κ2) is 8.19. The Kier molecular flexibility index (Phi) is 5.67. The third kappa shape index (κ3) is 4.07. The van der Waals surface area contributed by atoms with Gasteiger partial charge >= 0.3 is 0 Å². The molecule has 0 amide bonds. The number of hydrogen-bond donors (Lipinski definition) is 0. The van der Waals surface area contributed by atoms with E-state index in [0.717, 1.165) is 36.1 Å². The first-order valence-corrected chi connectivity index (χ1v) is 12.0. The number of sulfonamides is 1. The summed E-state index contributed by atoms with van der Waals surface area (Å²) < 4.78 is 27.9. The number of nitrogens with zero attached hydrogens (tertiary/aromatic N) is 1. The first kappa shape index (κ1) is 19.4. The molecule has 1 aliphatic rings. The molecule has 3 nitrogen and oxygen atoms in total. The summed E-state index contributed by atoms with van der Waals surface area (Å²) in [5.41, 5.74) is 4.93. The molecule has 2 aromatic carbocycles. The van der Waals surface area contributed by atoms with Gasteiger partial charge in [-0.25, -0.2) is 8.42 Å². The SMILES string of the molecule is Cc1ccccc1Cc1cccc(-c2ccc(S(=O)(=O)N3CCCCC3)s2)c1. The zero-order chi connectivity index (χ0) is 19.6. The summed E-state index contributed by atoms with van der Waals surface area (Å²) in [6, 6.07) is 20.6. The number of thiophene rings is 1. The number of benzene rings is 2. The highest BCUT2D eigenvalue weighted by Crippen LogP contribution is 2.33. The Morgan fingerprint density at radius 3 is 2.50 bits per heavy atom. The van der Waals surface area contributed by atoms with Crippen LogP contribution in [0.5, 0.6) is 0 Å². The van der Waals surface area contributed by atoms with E-state index in [4.69, 9.17) is 0 Å². The van der Waals surface area contributed by atoms with Crippen molar-refractivity contribution in [1.82, 2.24) is 4.31 Å². The van der Waals surface area contributed by atoms with Gasteiger partial charge in [0.1, 0.15) is 4.21 Å². The van der Waals surface area contributed by atoms with Gasteiger partial charge < -0.3 is 0 Å². The smallest absolute Gasteiger partial charge is 0.206 e. The van der Waals surface area contributed by atoms with Gasteiger partial charge in [0.05, 0.1) is 0 Å². The lowest BCUT2D eigenvalue weighted by Crippen LogP contribution is -2.35. The van der Waals surface area contributed by atoms with Crippen LogP contribution in [0.15, 0.2) is 64.9 Å². The van der Waals surface area contributed by atoms with Crippen molar-refractivity contribution in [1.29, 1.82) is 0 Å². The molecular formula is C23H25NO2S2. The molecule has 0 saturated carbocycles. The molecule has 5 heteroatoms. The minimum atomic E-state index is -3.36. The predicted octanol–water partition coefficient (Wildman–Crippen LogP) is 5.49. The Morgan fingerprint density at radius 2 is 1.71 bits per heavy atom. The van der Waals surface area contributed by atoms with E-state index in [1.165, 1.54) is 28.0 Å². The molecule has 0 unspecified atom stereocenters. The third-order valence-corrected chi connectivity index (χ3v) is 8.86. The first-order chi connectivity index (χ1) is 13.5. The molecule has 0 aliphatic carbocycles. The molecule has 0 atom stereocenters. The van der Waals surface area contributed by atoms with Crippen LogP contribution in [0.4, 0.5) is 0 Å². The van der Waals surface area contributed by atoms with Crippen LogP contribution >= 0.6 is 11.3 Å². The number of rotatable bonds is 5. The van der Waals surface area contributed by atoms with Gasteiger partial charge in [0, 0.05) is 18.0 Å². The van der Waals surface area contributed by atoms with Gasteiger partial charge in [-0.05, 0) is 60.6 Å². The molecule has 1 aliphatic heterocycles. The van der Waals surface area contributed by atoms with Crippen molar-refractivity contribution < 1.29 is 8.42 Å². The number of piperidine rings is 1. The fraction of sp³-hybridized carbons (Fsp3) is 0.304. The quantitative estimate of drug-likeness (QED) is 0.557.